The van der Waals surface area contributed by atoms with Gasteiger partial charge in [0.15, 0.2) is 6.54 Å². The van der Waals surface area contributed by atoms with Crippen molar-refractivity contribution in [2.75, 3.05) is 25.0 Å². The molecule has 21 heavy (non-hydrogen) atoms. The van der Waals surface area contributed by atoms with Gasteiger partial charge >= 0.3 is 0 Å². The van der Waals surface area contributed by atoms with Crippen LogP contribution in [0.1, 0.15) is 12.8 Å². The molecule has 4 N–H and O–H groups in total. The molecule has 1 aliphatic rings. The van der Waals surface area contributed by atoms with Crippen LogP contribution >= 0.6 is 23.2 Å². The van der Waals surface area contributed by atoms with Gasteiger partial charge in [-0.15, -0.1) is 0 Å². The molecule has 1 aromatic carbocycles. The lowest BCUT2D eigenvalue weighted by Gasteiger charge is -2.27. The number of rotatable bonds is 4. The normalized spacial score (nSPS) is 21.8. The number of benzene rings is 1. The van der Waals surface area contributed by atoms with E-state index in [1.54, 1.807) is 18.2 Å². The number of carbonyl (C=O) groups excluding carboxylic acids is 2. The van der Waals surface area contributed by atoms with Gasteiger partial charge in [0.05, 0.1) is 29.1 Å². The Bertz CT molecular complexity index is 551. The maximum Gasteiger partial charge on any atom is 0.279 e. The molecule has 0 radical (unpaired) electrons. The molecule has 1 fully saturated rings. The number of carbonyl (C=O) groups is 2. The predicted molar refractivity (Wildman–Crippen MR) is 82.6 cm³/mol. The highest BCUT2D eigenvalue weighted by molar-refractivity contribution is 6.42. The molecule has 0 spiro atoms. The summed E-state index contributed by atoms with van der Waals surface area (Å²) in [7, 11) is 0. The van der Waals surface area contributed by atoms with Crippen molar-refractivity contribution in [2.45, 2.75) is 12.8 Å². The number of halogens is 2. The average molecular weight is 331 g/mol. The van der Waals surface area contributed by atoms with Gasteiger partial charge < -0.3 is 16.0 Å². The van der Waals surface area contributed by atoms with E-state index < -0.39 is 0 Å². The van der Waals surface area contributed by atoms with E-state index in [0.717, 1.165) is 24.3 Å². The van der Waals surface area contributed by atoms with Gasteiger partial charge in [0.1, 0.15) is 0 Å². The van der Waals surface area contributed by atoms with E-state index in [4.69, 9.17) is 28.9 Å². The molecule has 1 aromatic rings. The van der Waals surface area contributed by atoms with Gasteiger partial charge in [-0.2, -0.15) is 0 Å². The Balaban J connectivity index is 1.89. The lowest BCUT2D eigenvalue weighted by Crippen LogP contribution is -3.14. The van der Waals surface area contributed by atoms with Crippen LogP contribution in [-0.2, 0) is 9.59 Å². The van der Waals surface area contributed by atoms with E-state index >= 15 is 0 Å². The molecule has 0 bridgehead atoms. The predicted octanol–water partition coefficient (Wildman–Crippen LogP) is 0.712. The number of likely N-dealkylation sites (tertiary alicyclic amines) is 1. The van der Waals surface area contributed by atoms with E-state index in [0.29, 0.717) is 28.8 Å². The highest BCUT2D eigenvalue weighted by Crippen LogP contribution is 2.24. The summed E-state index contributed by atoms with van der Waals surface area (Å²) in [5.74, 6) is -0.530. The van der Waals surface area contributed by atoms with Gasteiger partial charge in [0.25, 0.3) is 5.91 Å². The fourth-order valence-electron chi connectivity index (χ4n) is 2.56. The van der Waals surface area contributed by atoms with Crippen LogP contribution in [0.5, 0.6) is 0 Å². The Morgan fingerprint density at radius 3 is 2.76 bits per heavy atom. The average Bonchev–Trinajstić information content (AvgIpc) is 2.43. The number of nitrogens with two attached hydrogens (primary N) is 1. The van der Waals surface area contributed by atoms with E-state index in [9.17, 15) is 9.59 Å². The first-order valence-corrected chi connectivity index (χ1v) is 7.59. The Hall–Kier alpha value is -1.30. The number of hydrogen-bond donors (Lipinski definition) is 3. The van der Waals surface area contributed by atoms with Crippen LogP contribution < -0.4 is 16.0 Å². The number of hydrogen-bond acceptors (Lipinski definition) is 2. The molecule has 0 aromatic heterocycles. The number of primary amides is 1. The molecule has 0 saturated carbocycles. The van der Waals surface area contributed by atoms with Gasteiger partial charge in [0, 0.05) is 5.69 Å². The van der Waals surface area contributed by atoms with Crippen molar-refractivity contribution >= 4 is 40.7 Å². The summed E-state index contributed by atoms with van der Waals surface area (Å²) < 4.78 is 0. The zero-order valence-electron chi connectivity index (χ0n) is 11.5. The summed E-state index contributed by atoms with van der Waals surface area (Å²) in [6.07, 6.45) is 1.72. The Labute approximate surface area is 133 Å². The minimum absolute atomic E-state index is 0.117. The summed E-state index contributed by atoms with van der Waals surface area (Å²) in [6, 6.07) is 4.94. The number of piperidine rings is 1. The lowest BCUT2D eigenvalue weighted by atomic mass is 9.97. The molecular weight excluding hydrogens is 313 g/mol. The molecule has 1 saturated heterocycles. The lowest BCUT2D eigenvalue weighted by molar-refractivity contribution is -0.899. The van der Waals surface area contributed by atoms with E-state index in [-0.39, 0.29) is 17.7 Å². The molecule has 2 rings (SSSR count). The fourth-order valence-corrected chi connectivity index (χ4v) is 2.86. The van der Waals surface area contributed by atoms with Crippen molar-refractivity contribution in [3.8, 4) is 0 Å². The second-order valence-corrected chi connectivity index (χ2v) is 6.11. The van der Waals surface area contributed by atoms with Gasteiger partial charge in [-0.3, -0.25) is 9.59 Å². The van der Waals surface area contributed by atoms with Gasteiger partial charge in [-0.05, 0) is 31.0 Å². The van der Waals surface area contributed by atoms with E-state index in [2.05, 4.69) is 5.32 Å². The Morgan fingerprint density at radius 1 is 1.33 bits per heavy atom. The third kappa shape index (κ3) is 4.59. The highest BCUT2D eigenvalue weighted by atomic mass is 35.5. The van der Waals surface area contributed by atoms with Crippen LogP contribution in [0.2, 0.25) is 10.0 Å². The van der Waals surface area contributed by atoms with Crippen molar-refractivity contribution in [1.82, 2.24) is 0 Å². The summed E-state index contributed by atoms with van der Waals surface area (Å²) in [5, 5.41) is 3.62. The first-order chi connectivity index (χ1) is 9.95. The van der Waals surface area contributed by atoms with Crippen molar-refractivity contribution in [2.24, 2.45) is 11.7 Å². The monoisotopic (exact) mass is 330 g/mol. The molecule has 1 unspecified atom stereocenters. The molecular formula is C14H18Cl2N3O2+. The molecule has 1 heterocycles. The molecule has 1 aliphatic heterocycles. The quantitative estimate of drug-likeness (QED) is 0.760. The summed E-state index contributed by atoms with van der Waals surface area (Å²) in [6.45, 7) is 1.80. The number of anilines is 1. The largest absolute Gasteiger partial charge is 0.369 e. The zero-order valence-corrected chi connectivity index (χ0v) is 13.0. The van der Waals surface area contributed by atoms with E-state index in [1.165, 1.54) is 0 Å². The van der Waals surface area contributed by atoms with Crippen molar-refractivity contribution in [3.63, 3.8) is 0 Å². The van der Waals surface area contributed by atoms with Crippen LogP contribution in [0.15, 0.2) is 18.2 Å². The topological polar surface area (TPSA) is 76.6 Å². The first kappa shape index (κ1) is 16.1. The van der Waals surface area contributed by atoms with Crippen molar-refractivity contribution in [3.05, 3.63) is 28.2 Å². The standard InChI is InChI=1S/C14H17Cl2N3O2/c15-11-4-3-10(6-12(11)16)18-13(20)8-19-5-1-2-9(7-19)14(17)21/h3-4,6,9H,1-2,5,7-8H2,(H2,17,21)(H,18,20)/p+1/t9-/m1/s1. The third-order valence-electron chi connectivity index (χ3n) is 3.63. The number of nitrogens with one attached hydrogen (secondary N) is 2. The molecule has 114 valence electrons. The second-order valence-electron chi connectivity index (χ2n) is 5.30. The van der Waals surface area contributed by atoms with E-state index in [1.807, 2.05) is 0 Å². The van der Waals surface area contributed by atoms with Gasteiger partial charge in [-0.1, -0.05) is 23.2 Å². The smallest absolute Gasteiger partial charge is 0.279 e. The first-order valence-electron chi connectivity index (χ1n) is 6.83. The Morgan fingerprint density at radius 2 is 2.10 bits per heavy atom. The fraction of sp³-hybridized carbons (Fsp3) is 0.429. The van der Waals surface area contributed by atoms with Gasteiger partial charge in [-0.25, -0.2) is 0 Å². The second kappa shape index (κ2) is 7.11. The zero-order chi connectivity index (χ0) is 15.4. The van der Waals surface area contributed by atoms with Gasteiger partial charge in [0.2, 0.25) is 5.91 Å². The molecule has 7 heteroatoms. The molecule has 5 nitrogen and oxygen atoms in total. The number of amides is 2. The summed E-state index contributed by atoms with van der Waals surface area (Å²) >= 11 is 11.7. The SMILES string of the molecule is NC(=O)[C@@H]1CCC[NH+](CC(=O)Nc2ccc(Cl)c(Cl)c2)C1. The maximum atomic E-state index is 12.0. The van der Waals surface area contributed by atoms with Crippen LogP contribution in [0, 0.1) is 5.92 Å². The molecule has 2 amide bonds. The Kier molecular flexibility index (Phi) is 5.45. The molecule has 0 aliphatic carbocycles. The van der Waals surface area contributed by atoms with Crippen LogP contribution in [-0.4, -0.2) is 31.4 Å². The summed E-state index contributed by atoms with van der Waals surface area (Å²) in [4.78, 5) is 24.3. The van der Waals surface area contributed by atoms with Crippen LogP contribution in [0.3, 0.4) is 0 Å². The highest BCUT2D eigenvalue weighted by Gasteiger charge is 2.28. The van der Waals surface area contributed by atoms with Crippen molar-refractivity contribution in [1.29, 1.82) is 0 Å². The molecule has 2 atom stereocenters. The maximum absolute atomic E-state index is 12.0. The minimum Gasteiger partial charge on any atom is -0.369 e. The number of quaternary nitrogens is 1. The summed E-state index contributed by atoms with van der Waals surface area (Å²) in [5.41, 5.74) is 5.94. The van der Waals surface area contributed by atoms with Crippen LogP contribution in [0.4, 0.5) is 5.69 Å². The minimum atomic E-state index is -0.280. The van der Waals surface area contributed by atoms with Crippen LogP contribution in [0.25, 0.3) is 0 Å². The van der Waals surface area contributed by atoms with Crippen molar-refractivity contribution < 1.29 is 14.5 Å². The third-order valence-corrected chi connectivity index (χ3v) is 4.37.